The van der Waals surface area contributed by atoms with Crippen molar-refractivity contribution in [3.63, 3.8) is 0 Å². The first-order valence-electron chi connectivity index (χ1n) is 13.1. The minimum Gasteiger partial charge on any atom is -0.478 e. The number of carbonyl (C=O) groups is 2. The van der Waals surface area contributed by atoms with Crippen molar-refractivity contribution in [3.8, 4) is 11.3 Å². The first-order chi connectivity index (χ1) is 18.9. The van der Waals surface area contributed by atoms with Gasteiger partial charge in [0.2, 0.25) is 0 Å². The first-order valence-corrected chi connectivity index (χ1v) is 13.1. The third-order valence-corrected chi connectivity index (χ3v) is 7.60. The van der Waals surface area contributed by atoms with Gasteiger partial charge in [0.05, 0.1) is 11.7 Å². The molecule has 2 aromatic carbocycles. The normalized spacial score (nSPS) is 17.2. The first kappa shape index (κ1) is 24.8. The number of halogens is 1. The van der Waals surface area contributed by atoms with Crippen LogP contribution in [0.5, 0.6) is 0 Å². The quantitative estimate of drug-likeness (QED) is 0.369. The molecule has 1 N–H and O–H groups in total. The molecule has 4 aromatic rings. The average molecular weight is 526 g/mol. The van der Waals surface area contributed by atoms with Gasteiger partial charge in [0, 0.05) is 43.4 Å². The van der Waals surface area contributed by atoms with E-state index in [1.807, 2.05) is 24.0 Å². The van der Waals surface area contributed by atoms with Crippen molar-refractivity contribution in [2.75, 3.05) is 24.5 Å². The Bertz CT molecular complexity index is 1620. The van der Waals surface area contributed by atoms with Gasteiger partial charge in [-0.15, -0.1) is 0 Å². The Morgan fingerprint density at radius 1 is 1.05 bits per heavy atom. The van der Waals surface area contributed by atoms with Crippen molar-refractivity contribution in [1.29, 1.82) is 0 Å². The second-order valence-corrected chi connectivity index (χ2v) is 10.0. The Morgan fingerprint density at radius 3 is 2.62 bits per heavy atom. The Kier molecular flexibility index (Phi) is 6.34. The van der Waals surface area contributed by atoms with E-state index in [1.165, 1.54) is 17.7 Å². The Labute approximate surface area is 225 Å². The van der Waals surface area contributed by atoms with Crippen LogP contribution < -0.4 is 4.90 Å². The molecule has 0 saturated carbocycles. The summed E-state index contributed by atoms with van der Waals surface area (Å²) in [4.78, 5) is 33.4. The summed E-state index contributed by atoms with van der Waals surface area (Å²) in [6.07, 6.45) is 5.18. The highest BCUT2D eigenvalue weighted by molar-refractivity contribution is 5.94. The number of carboxylic acid groups (broad SMARTS) is 1. The van der Waals surface area contributed by atoms with E-state index in [2.05, 4.69) is 22.1 Å². The Balaban J connectivity index is 1.39. The molecule has 0 unspecified atom stereocenters. The molecule has 0 radical (unpaired) electrons. The van der Waals surface area contributed by atoms with Gasteiger partial charge in [-0.05, 0) is 61.1 Å². The molecule has 0 aliphatic carbocycles. The van der Waals surface area contributed by atoms with Gasteiger partial charge in [0.1, 0.15) is 17.3 Å². The molecule has 8 nitrogen and oxygen atoms in total. The van der Waals surface area contributed by atoms with Crippen LogP contribution in [0.1, 0.15) is 53.0 Å². The van der Waals surface area contributed by atoms with E-state index < -0.39 is 11.8 Å². The highest BCUT2D eigenvalue weighted by Gasteiger charge is 2.30. The lowest BCUT2D eigenvalue weighted by molar-refractivity contribution is -0.131. The molecule has 1 fully saturated rings. The van der Waals surface area contributed by atoms with Crippen molar-refractivity contribution in [3.05, 3.63) is 88.9 Å². The smallest absolute Gasteiger partial charge is 0.328 e. The highest BCUT2D eigenvalue weighted by Crippen LogP contribution is 2.32. The van der Waals surface area contributed by atoms with Crippen LogP contribution in [0.25, 0.3) is 23.0 Å². The summed E-state index contributed by atoms with van der Waals surface area (Å²) < 4.78 is 16.8. The molecule has 1 saturated heterocycles. The molecule has 2 aliphatic rings. The predicted octanol–water partition coefficient (Wildman–Crippen LogP) is 4.99. The number of rotatable bonds is 5. The summed E-state index contributed by atoms with van der Waals surface area (Å²) in [7, 11) is 0. The van der Waals surface area contributed by atoms with E-state index in [0.29, 0.717) is 29.1 Å². The molecular weight excluding hydrogens is 497 g/mol. The van der Waals surface area contributed by atoms with Gasteiger partial charge in [-0.1, -0.05) is 30.3 Å². The third-order valence-electron chi connectivity index (χ3n) is 7.60. The summed E-state index contributed by atoms with van der Waals surface area (Å²) in [5.41, 5.74) is 4.33. The SMILES string of the molecule is C[C@@H]1c2ccccc2CCN1C(=O)c1cc(N2CCCC2)n2nc(-c3ccc(/C=C/C(=O)O)cc3F)cc2n1. The third kappa shape index (κ3) is 4.65. The standard InChI is InChI=1S/C30H28FN5O3/c1-19-22-7-3-2-6-21(22)12-15-35(19)30(39)26-18-28(34-13-4-5-14-34)36-27(32-26)17-25(33-36)23-10-8-20(16-24(23)31)9-11-29(37)38/h2-3,6-11,16-19H,4-5,12-15H2,1H3,(H,37,38)/b11-9+/t19-/m1/s1. The summed E-state index contributed by atoms with van der Waals surface area (Å²) in [6.45, 7) is 4.34. The van der Waals surface area contributed by atoms with Crippen LogP contribution in [0.2, 0.25) is 0 Å². The molecule has 1 amide bonds. The van der Waals surface area contributed by atoms with E-state index in [1.54, 1.807) is 28.8 Å². The number of aliphatic carboxylic acids is 1. The molecule has 0 bridgehead atoms. The van der Waals surface area contributed by atoms with Crippen LogP contribution in [0.4, 0.5) is 10.2 Å². The minimum absolute atomic E-state index is 0.0704. The largest absolute Gasteiger partial charge is 0.478 e. The highest BCUT2D eigenvalue weighted by atomic mass is 19.1. The van der Waals surface area contributed by atoms with Gasteiger partial charge < -0.3 is 14.9 Å². The summed E-state index contributed by atoms with van der Waals surface area (Å²) in [5.74, 6) is -0.998. The van der Waals surface area contributed by atoms with Crippen LogP contribution >= 0.6 is 0 Å². The fourth-order valence-corrected chi connectivity index (χ4v) is 5.58. The molecule has 198 valence electrons. The molecule has 1 atom stereocenters. The lowest BCUT2D eigenvalue weighted by atomic mass is 9.93. The number of nitrogens with zero attached hydrogens (tertiary/aromatic N) is 5. The van der Waals surface area contributed by atoms with E-state index in [4.69, 9.17) is 10.1 Å². The number of amides is 1. The maximum Gasteiger partial charge on any atom is 0.328 e. The van der Waals surface area contributed by atoms with Gasteiger partial charge in [-0.3, -0.25) is 4.79 Å². The molecule has 6 rings (SSSR count). The number of fused-ring (bicyclic) bond motifs is 2. The zero-order valence-corrected chi connectivity index (χ0v) is 21.5. The van der Waals surface area contributed by atoms with Gasteiger partial charge in [0.25, 0.3) is 5.91 Å². The summed E-state index contributed by atoms with van der Waals surface area (Å²) in [5, 5.41) is 13.5. The zero-order valence-electron chi connectivity index (χ0n) is 21.5. The zero-order chi connectivity index (χ0) is 27.1. The van der Waals surface area contributed by atoms with Crippen molar-refractivity contribution in [1.82, 2.24) is 19.5 Å². The number of hydrogen-bond donors (Lipinski definition) is 1. The minimum atomic E-state index is -1.10. The molecule has 39 heavy (non-hydrogen) atoms. The van der Waals surface area contributed by atoms with Crippen LogP contribution in [-0.2, 0) is 11.2 Å². The van der Waals surface area contributed by atoms with Crippen LogP contribution in [0.15, 0.2) is 60.7 Å². The van der Waals surface area contributed by atoms with E-state index in [0.717, 1.165) is 49.8 Å². The van der Waals surface area contributed by atoms with Crippen LogP contribution in [0, 0.1) is 5.82 Å². The monoisotopic (exact) mass is 525 g/mol. The Morgan fingerprint density at radius 2 is 1.85 bits per heavy atom. The maximum absolute atomic E-state index is 15.1. The average Bonchev–Trinajstić information content (AvgIpc) is 3.62. The van der Waals surface area contributed by atoms with E-state index >= 15 is 4.39 Å². The molecule has 4 heterocycles. The van der Waals surface area contributed by atoms with Crippen molar-refractivity contribution < 1.29 is 19.1 Å². The van der Waals surface area contributed by atoms with Crippen molar-refractivity contribution in [2.24, 2.45) is 0 Å². The second kappa shape index (κ2) is 9.98. The number of carbonyl (C=O) groups excluding carboxylic acids is 1. The molecular formula is C30H28FN5O3. The lowest BCUT2D eigenvalue weighted by Gasteiger charge is -2.35. The Hall–Kier alpha value is -4.53. The lowest BCUT2D eigenvalue weighted by Crippen LogP contribution is -2.39. The van der Waals surface area contributed by atoms with Gasteiger partial charge in [-0.2, -0.15) is 9.61 Å². The van der Waals surface area contributed by atoms with Gasteiger partial charge >= 0.3 is 5.97 Å². The second-order valence-electron chi connectivity index (χ2n) is 10.0. The number of hydrogen-bond acceptors (Lipinski definition) is 5. The van der Waals surface area contributed by atoms with E-state index in [-0.39, 0.29) is 17.5 Å². The number of anilines is 1. The van der Waals surface area contributed by atoms with Crippen LogP contribution in [0.3, 0.4) is 0 Å². The maximum atomic E-state index is 15.1. The van der Waals surface area contributed by atoms with Crippen LogP contribution in [-0.4, -0.2) is 56.1 Å². The topological polar surface area (TPSA) is 91.0 Å². The van der Waals surface area contributed by atoms with Gasteiger partial charge in [-0.25, -0.2) is 14.2 Å². The summed E-state index contributed by atoms with van der Waals surface area (Å²) in [6, 6.07) is 16.1. The molecule has 0 spiro atoms. The number of aromatic nitrogens is 3. The van der Waals surface area contributed by atoms with Crippen molar-refractivity contribution >= 4 is 29.4 Å². The number of benzene rings is 2. The number of carboxylic acids is 1. The fraction of sp³-hybridized carbons (Fsp3) is 0.267. The van der Waals surface area contributed by atoms with E-state index in [9.17, 15) is 9.59 Å². The van der Waals surface area contributed by atoms with Crippen molar-refractivity contribution in [2.45, 2.75) is 32.2 Å². The fourth-order valence-electron chi connectivity index (χ4n) is 5.58. The summed E-state index contributed by atoms with van der Waals surface area (Å²) >= 11 is 0. The molecule has 2 aromatic heterocycles. The molecule has 2 aliphatic heterocycles. The predicted molar refractivity (Wildman–Crippen MR) is 146 cm³/mol. The molecule has 9 heteroatoms. The van der Waals surface area contributed by atoms with Gasteiger partial charge in [0.15, 0.2) is 5.65 Å².